The first-order chi connectivity index (χ1) is 9.91. The Balaban J connectivity index is 2.03. The smallest absolute Gasteiger partial charge is 0.124 e. The lowest BCUT2D eigenvalue weighted by Gasteiger charge is -2.22. The van der Waals surface area contributed by atoms with Crippen LogP contribution in [0.5, 0.6) is 5.75 Å². The monoisotopic (exact) mass is 291 g/mol. The standard InChI is InChI=1S/C18H29NO2/c1-6-19-14(3)16-8-7-13(2)11-17(16)20-12-15-9-10-18(4,5)21-15/h7-8,11,14-15,19H,6,9-10,12H2,1-5H3. The first kappa shape index (κ1) is 16.3. The Morgan fingerprint density at radius 2 is 2.19 bits per heavy atom. The largest absolute Gasteiger partial charge is 0.491 e. The van der Waals surface area contributed by atoms with Gasteiger partial charge in [-0.25, -0.2) is 0 Å². The van der Waals surface area contributed by atoms with Crippen molar-refractivity contribution in [1.29, 1.82) is 0 Å². The van der Waals surface area contributed by atoms with Crippen molar-refractivity contribution in [2.24, 2.45) is 0 Å². The van der Waals surface area contributed by atoms with Gasteiger partial charge in [-0.1, -0.05) is 19.1 Å². The highest BCUT2D eigenvalue weighted by Crippen LogP contribution is 2.31. The summed E-state index contributed by atoms with van der Waals surface area (Å²) in [6.45, 7) is 12.3. The van der Waals surface area contributed by atoms with Crippen LogP contribution in [0.4, 0.5) is 0 Å². The van der Waals surface area contributed by atoms with E-state index in [1.165, 1.54) is 11.1 Å². The zero-order chi connectivity index (χ0) is 15.5. The molecule has 1 aromatic rings. The Morgan fingerprint density at radius 1 is 1.43 bits per heavy atom. The molecule has 3 heteroatoms. The summed E-state index contributed by atoms with van der Waals surface area (Å²) in [6.07, 6.45) is 2.40. The molecular formula is C18H29NO2. The summed E-state index contributed by atoms with van der Waals surface area (Å²) in [6, 6.07) is 6.73. The molecule has 118 valence electrons. The van der Waals surface area contributed by atoms with Crippen LogP contribution in [0, 0.1) is 6.92 Å². The third kappa shape index (κ3) is 4.45. The highest BCUT2D eigenvalue weighted by Gasteiger charge is 2.32. The summed E-state index contributed by atoms with van der Waals surface area (Å²) in [5, 5.41) is 3.45. The highest BCUT2D eigenvalue weighted by molar-refractivity contribution is 5.39. The zero-order valence-corrected chi connectivity index (χ0v) is 14.0. The van der Waals surface area contributed by atoms with Gasteiger partial charge in [-0.3, -0.25) is 0 Å². The molecule has 0 amide bonds. The molecule has 0 aliphatic carbocycles. The molecule has 0 aromatic heterocycles. The summed E-state index contributed by atoms with van der Waals surface area (Å²) < 4.78 is 12.1. The lowest BCUT2D eigenvalue weighted by molar-refractivity contribution is -0.0328. The number of ether oxygens (including phenoxy) is 2. The molecular weight excluding hydrogens is 262 g/mol. The molecule has 3 nitrogen and oxygen atoms in total. The minimum atomic E-state index is 0.000515. The molecule has 1 saturated heterocycles. The van der Waals surface area contributed by atoms with Crippen LogP contribution in [0.25, 0.3) is 0 Å². The third-order valence-electron chi connectivity index (χ3n) is 4.12. The predicted octanol–water partition coefficient (Wildman–Crippen LogP) is 4.00. The molecule has 2 atom stereocenters. The Kier molecular flexibility index (Phi) is 5.28. The predicted molar refractivity (Wildman–Crippen MR) is 87.0 cm³/mol. The average Bonchev–Trinajstić information content (AvgIpc) is 2.76. The van der Waals surface area contributed by atoms with Crippen LogP contribution in [0.1, 0.15) is 57.7 Å². The van der Waals surface area contributed by atoms with E-state index in [-0.39, 0.29) is 11.7 Å². The normalized spacial score (nSPS) is 22.2. The van der Waals surface area contributed by atoms with Crippen molar-refractivity contribution in [3.8, 4) is 5.75 Å². The van der Waals surface area contributed by atoms with Gasteiger partial charge in [-0.15, -0.1) is 0 Å². The van der Waals surface area contributed by atoms with Crippen molar-refractivity contribution >= 4 is 0 Å². The van der Waals surface area contributed by atoms with Crippen LogP contribution in [-0.2, 0) is 4.74 Å². The maximum Gasteiger partial charge on any atom is 0.124 e. The molecule has 0 saturated carbocycles. The number of hydrogen-bond donors (Lipinski definition) is 1. The fraction of sp³-hybridized carbons (Fsp3) is 0.667. The van der Waals surface area contributed by atoms with Crippen molar-refractivity contribution in [1.82, 2.24) is 5.32 Å². The van der Waals surface area contributed by atoms with Crippen molar-refractivity contribution in [2.75, 3.05) is 13.2 Å². The topological polar surface area (TPSA) is 30.5 Å². The molecule has 1 aromatic carbocycles. The molecule has 1 aliphatic heterocycles. The first-order valence-corrected chi connectivity index (χ1v) is 8.06. The van der Waals surface area contributed by atoms with Crippen molar-refractivity contribution < 1.29 is 9.47 Å². The van der Waals surface area contributed by atoms with Gasteiger partial charge in [0, 0.05) is 11.6 Å². The van der Waals surface area contributed by atoms with Gasteiger partial charge in [0.1, 0.15) is 12.4 Å². The molecule has 1 heterocycles. The maximum absolute atomic E-state index is 6.10. The number of rotatable bonds is 6. The van der Waals surface area contributed by atoms with Crippen LogP contribution in [0.3, 0.4) is 0 Å². The minimum Gasteiger partial charge on any atom is -0.491 e. The SMILES string of the molecule is CCNC(C)c1ccc(C)cc1OCC1CCC(C)(C)O1. The Bertz CT molecular complexity index is 470. The van der Waals surface area contributed by atoms with Gasteiger partial charge in [0.05, 0.1) is 11.7 Å². The third-order valence-corrected chi connectivity index (χ3v) is 4.12. The fourth-order valence-corrected chi connectivity index (χ4v) is 2.92. The summed E-state index contributed by atoms with van der Waals surface area (Å²) in [4.78, 5) is 0. The second-order valence-corrected chi connectivity index (χ2v) is 6.67. The summed E-state index contributed by atoms with van der Waals surface area (Å²) in [5.41, 5.74) is 2.45. The van der Waals surface area contributed by atoms with Crippen molar-refractivity contribution in [3.05, 3.63) is 29.3 Å². The van der Waals surface area contributed by atoms with E-state index in [4.69, 9.17) is 9.47 Å². The molecule has 21 heavy (non-hydrogen) atoms. The van der Waals surface area contributed by atoms with E-state index >= 15 is 0 Å². The van der Waals surface area contributed by atoms with Crippen LogP contribution >= 0.6 is 0 Å². The van der Waals surface area contributed by atoms with Crippen LogP contribution < -0.4 is 10.1 Å². The molecule has 0 radical (unpaired) electrons. The van der Waals surface area contributed by atoms with Gasteiger partial charge < -0.3 is 14.8 Å². The number of nitrogens with one attached hydrogen (secondary N) is 1. The first-order valence-electron chi connectivity index (χ1n) is 8.06. The van der Waals surface area contributed by atoms with E-state index < -0.39 is 0 Å². The summed E-state index contributed by atoms with van der Waals surface area (Å²) in [7, 11) is 0. The molecule has 1 aliphatic rings. The Labute approximate surface area is 129 Å². The van der Waals surface area contributed by atoms with Gasteiger partial charge in [0.25, 0.3) is 0 Å². The number of hydrogen-bond acceptors (Lipinski definition) is 3. The maximum atomic E-state index is 6.10. The van der Waals surface area contributed by atoms with Crippen LogP contribution in [-0.4, -0.2) is 24.9 Å². The number of benzene rings is 1. The fourth-order valence-electron chi connectivity index (χ4n) is 2.92. The quantitative estimate of drug-likeness (QED) is 0.859. The Hall–Kier alpha value is -1.06. The minimum absolute atomic E-state index is 0.000515. The molecule has 2 unspecified atom stereocenters. The van der Waals surface area contributed by atoms with E-state index in [0.29, 0.717) is 12.6 Å². The molecule has 0 spiro atoms. The van der Waals surface area contributed by atoms with Gasteiger partial charge in [-0.05, 0) is 58.7 Å². The number of aryl methyl sites for hydroxylation is 1. The van der Waals surface area contributed by atoms with Gasteiger partial charge in [0.2, 0.25) is 0 Å². The highest BCUT2D eigenvalue weighted by atomic mass is 16.6. The zero-order valence-electron chi connectivity index (χ0n) is 14.0. The van der Waals surface area contributed by atoms with E-state index in [9.17, 15) is 0 Å². The second kappa shape index (κ2) is 6.80. The average molecular weight is 291 g/mol. The van der Waals surface area contributed by atoms with Gasteiger partial charge in [0.15, 0.2) is 0 Å². The van der Waals surface area contributed by atoms with E-state index in [1.807, 2.05) is 0 Å². The van der Waals surface area contributed by atoms with Crippen LogP contribution in [0.15, 0.2) is 18.2 Å². The van der Waals surface area contributed by atoms with Crippen LogP contribution in [0.2, 0.25) is 0 Å². The van der Waals surface area contributed by atoms with E-state index in [1.54, 1.807) is 0 Å². The molecule has 0 bridgehead atoms. The lowest BCUT2D eigenvalue weighted by atomic mass is 10.0. The Morgan fingerprint density at radius 3 is 2.81 bits per heavy atom. The van der Waals surface area contributed by atoms with Gasteiger partial charge in [-0.2, -0.15) is 0 Å². The second-order valence-electron chi connectivity index (χ2n) is 6.67. The molecule has 1 fully saturated rings. The van der Waals surface area contributed by atoms with Gasteiger partial charge >= 0.3 is 0 Å². The summed E-state index contributed by atoms with van der Waals surface area (Å²) >= 11 is 0. The lowest BCUT2D eigenvalue weighted by Crippen LogP contribution is -2.24. The van der Waals surface area contributed by atoms with E-state index in [2.05, 4.69) is 58.1 Å². The van der Waals surface area contributed by atoms with Crippen molar-refractivity contribution in [3.63, 3.8) is 0 Å². The summed E-state index contributed by atoms with van der Waals surface area (Å²) in [5.74, 6) is 0.983. The van der Waals surface area contributed by atoms with Crippen molar-refractivity contribution in [2.45, 2.75) is 65.2 Å². The van der Waals surface area contributed by atoms with E-state index in [0.717, 1.165) is 25.1 Å². The molecule has 1 N–H and O–H groups in total. The molecule has 2 rings (SSSR count).